The molecule has 1 saturated carbocycles. The lowest BCUT2D eigenvalue weighted by Crippen LogP contribution is -2.24. The first-order chi connectivity index (χ1) is 8.33. The third kappa shape index (κ3) is 2.20. The van der Waals surface area contributed by atoms with Crippen LogP contribution in [0.4, 0.5) is 11.8 Å². The SMILES string of the molecule is Nc1nc(NC2CCCCC2)nc2c1CNC2. The van der Waals surface area contributed by atoms with Crippen LogP contribution in [0, 0.1) is 0 Å². The fourth-order valence-corrected chi connectivity index (χ4v) is 2.69. The molecule has 5 nitrogen and oxygen atoms in total. The third-order valence-corrected chi connectivity index (χ3v) is 3.66. The second-order valence-corrected chi connectivity index (χ2v) is 4.94. The first-order valence-electron chi connectivity index (χ1n) is 6.45. The molecule has 1 aromatic rings. The molecule has 0 amide bonds. The summed E-state index contributed by atoms with van der Waals surface area (Å²) >= 11 is 0. The summed E-state index contributed by atoms with van der Waals surface area (Å²) in [5, 5.41) is 6.67. The Morgan fingerprint density at radius 2 is 1.94 bits per heavy atom. The molecule has 3 rings (SSSR count). The van der Waals surface area contributed by atoms with Crippen LogP contribution in [-0.4, -0.2) is 16.0 Å². The molecule has 2 heterocycles. The molecule has 0 unspecified atom stereocenters. The van der Waals surface area contributed by atoms with Crippen LogP contribution in [0.5, 0.6) is 0 Å². The highest BCUT2D eigenvalue weighted by Gasteiger charge is 2.19. The fraction of sp³-hybridized carbons (Fsp3) is 0.667. The number of anilines is 2. The van der Waals surface area contributed by atoms with Gasteiger partial charge in [-0.2, -0.15) is 4.98 Å². The zero-order valence-corrected chi connectivity index (χ0v) is 10.00. The third-order valence-electron chi connectivity index (χ3n) is 3.66. The Labute approximate surface area is 101 Å². The molecule has 0 atom stereocenters. The monoisotopic (exact) mass is 233 g/mol. The minimum Gasteiger partial charge on any atom is -0.383 e. The van der Waals surface area contributed by atoms with E-state index in [1.54, 1.807) is 0 Å². The van der Waals surface area contributed by atoms with Gasteiger partial charge in [-0.3, -0.25) is 0 Å². The van der Waals surface area contributed by atoms with E-state index in [-0.39, 0.29) is 0 Å². The number of nitrogens with zero attached hydrogens (tertiary/aromatic N) is 2. The van der Waals surface area contributed by atoms with Crippen molar-refractivity contribution in [1.29, 1.82) is 0 Å². The number of hydrogen-bond donors (Lipinski definition) is 3. The van der Waals surface area contributed by atoms with Crippen molar-refractivity contribution in [3.8, 4) is 0 Å². The number of fused-ring (bicyclic) bond motifs is 1. The van der Waals surface area contributed by atoms with Gasteiger partial charge in [0, 0.05) is 24.7 Å². The van der Waals surface area contributed by atoms with Crippen molar-refractivity contribution in [2.45, 2.75) is 51.2 Å². The second kappa shape index (κ2) is 4.49. The largest absolute Gasteiger partial charge is 0.383 e. The quantitative estimate of drug-likeness (QED) is 0.720. The molecule has 1 aromatic heterocycles. The predicted molar refractivity (Wildman–Crippen MR) is 67.5 cm³/mol. The van der Waals surface area contributed by atoms with Gasteiger partial charge < -0.3 is 16.4 Å². The molecule has 4 N–H and O–H groups in total. The van der Waals surface area contributed by atoms with E-state index < -0.39 is 0 Å². The number of nitrogen functional groups attached to an aromatic ring is 1. The van der Waals surface area contributed by atoms with Crippen LogP contribution in [0.25, 0.3) is 0 Å². The van der Waals surface area contributed by atoms with Gasteiger partial charge in [-0.25, -0.2) is 4.98 Å². The molecule has 0 radical (unpaired) electrons. The highest BCUT2D eigenvalue weighted by Crippen LogP contribution is 2.23. The van der Waals surface area contributed by atoms with E-state index in [9.17, 15) is 0 Å². The fourth-order valence-electron chi connectivity index (χ4n) is 2.69. The van der Waals surface area contributed by atoms with Crippen LogP contribution in [-0.2, 0) is 13.1 Å². The molecule has 0 aromatic carbocycles. The number of nitrogens with two attached hydrogens (primary N) is 1. The van der Waals surface area contributed by atoms with Crippen molar-refractivity contribution in [1.82, 2.24) is 15.3 Å². The maximum Gasteiger partial charge on any atom is 0.225 e. The van der Waals surface area contributed by atoms with Gasteiger partial charge in [-0.05, 0) is 12.8 Å². The molecule has 0 bridgehead atoms. The Hall–Kier alpha value is -1.36. The Bertz CT molecular complexity index is 412. The first-order valence-corrected chi connectivity index (χ1v) is 6.45. The Kier molecular flexibility index (Phi) is 2.84. The molecular weight excluding hydrogens is 214 g/mol. The summed E-state index contributed by atoms with van der Waals surface area (Å²) in [5.41, 5.74) is 8.07. The molecule has 1 aliphatic carbocycles. The summed E-state index contributed by atoms with van der Waals surface area (Å²) in [4.78, 5) is 8.90. The lowest BCUT2D eigenvalue weighted by Gasteiger charge is -2.23. The van der Waals surface area contributed by atoms with E-state index in [1.165, 1.54) is 32.1 Å². The van der Waals surface area contributed by atoms with Crippen LogP contribution in [0.3, 0.4) is 0 Å². The van der Waals surface area contributed by atoms with Crippen molar-refractivity contribution in [3.63, 3.8) is 0 Å². The van der Waals surface area contributed by atoms with E-state index in [2.05, 4.69) is 20.6 Å². The van der Waals surface area contributed by atoms with E-state index >= 15 is 0 Å². The molecule has 92 valence electrons. The molecule has 1 aliphatic heterocycles. The summed E-state index contributed by atoms with van der Waals surface area (Å²) in [5.74, 6) is 1.33. The zero-order valence-electron chi connectivity index (χ0n) is 10.00. The number of hydrogen-bond acceptors (Lipinski definition) is 5. The Morgan fingerprint density at radius 3 is 2.76 bits per heavy atom. The van der Waals surface area contributed by atoms with E-state index in [0.29, 0.717) is 17.8 Å². The molecule has 2 aliphatic rings. The number of nitrogens with one attached hydrogen (secondary N) is 2. The molecule has 1 fully saturated rings. The van der Waals surface area contributed by atoms with Gasteiger partial charge in [0.2, 0.25) is 5.95 Å². The van der Waals surface area contributed by atoms with Crippen LogP contribution in [0.15, 0.2) is 0 Å². The van der Waals surface area contributed by atoms with Gasteiger partial charge in [-0.1, -0.05) is 19.3 Å². The topological polar surface area (TPSA) is 75.9 Å². The normalized spacial score (nSPS) is 20.2. The van der Waals surface area contributed by atoms with E-state index in [4.69, 9.17) is 5.73 Å². The number of aromatic nitrogens is 2. The van der Waals surface area contributed by atoms with Crippen molar-refractivity contribution in [2.24, 2.45) is 0 Å². The molecule has 17 heavy (non-hydrogen) atoms. The summed E-state index contributed by atoms with van der Waals surface area (Å²) < 4.78 is 0. The van der Waals surface area contributed by atoms with Crippen LogP contribution < -0.4 is 16.4 Å². The van der Waals surface area contributed by atoms with Crippen LogP contribution in [0.1, 0.15) is 43.4 Å². The lowest BCUT2D eigenvalue weighted by molar-refractivity contribution is 0.461. The summed E-state index contributed by atoms with van der Waals surface area (Å²) in [6.07, 6.45) is 6.41. The average Bonchev–Trinajstić information content (AvgIpc) is 2.79. The van der Waals surface area contributed by atoms with Crippen LogP contribution in [0.2, 0.25) is 0 Å². The lowest BCUT2D eigenvalue weighted by atomic mass is 9.96. The Balaban J connectivity index is 1.76. The second-order valence-electron chi connectivity index (χ2n) is 4.94. The van der Waals surface area contributed by atoms with Gasteiger partial charge in [0.05, 0.1) is 5.69 Å². The summed E-state index contributed by atoms with van der Waals surface area (Å²) in [6.45, 7) is 1.60. The van der Waals surface area contributed by atoms with E-state index in [0.717, 1.165) is 24.3 Å². The van der Waals surface area contributed by atoms with Crippen molar-refractivity contribution >= 4 is 11.8 Å². The standard InChI is InChI=1S/C12H19N5/c13-11-9-6-14-7-10(9)16-12(17-11)15-8-4-2-1-3-5-8/h8,14H,1-7H2,(H3,13,15,16,17). The zero-order chi connectivity index (χ0) is 11.7. The van der Waals surface area contributed by atoms with E-state index in [1.807, 2.05) is 0 Å². The first kappa shape index (κ1) is 10.8. The number of rotatable bonds is 2. The average molecular weight is 233 g/mol. The highest BCUT2D eigenvalue weighted by atomic mass is 15.2. The molecule has 0 spiro atoms. The van der Waals surface area contributed by atoms with Crippen molar-refractivity contribution in [2.75, 3.05) is 11.1 Å². The van der Waals surface area contributed by atoms with Gasteiger partial charge >= 0.3 is 0 Å². The van der Waals surface area contributed by atoms with Gasteiger partial charge in [-0.15, -0.1) is 0 Å². The molecule has 0 saturated heterocycles. The molecule has 5 heteroatoms. The minimum absolute atomic E-state index is 0.524. The predicted octanol–water partition coefficient (Wildman–Crippen LogP) is 1.41. The van der Waals surface area contributed by atoms with Gasteiger partial charge in [0.1, 0.15) is 5.82 Å². The van der Waals surface area contributed by atoms with Gasteiger partial charge in [0.25, 0.3) is 0 Å². The maximum absolute atomic E-state index is 5.95. The van der Waals surface area contributed by atoms with Gasteiger partial charge in [0.15, 0.2) is 0 Å². The van der Waals surface area contributed by atoms with Crippen LogP contribution >= 0.6 is 0 Å². The summed E-state index contributed by atoms with van der Waals surface area (Å²) in [6, 6.07) is 0.524. The Morgan fingerprint density at radius 1 is 1.12 bits per heavy atom. The highest BCUT2D eigenvalue weighted by molar-refractivity contribution is 5.48. The van der Waals surface area contributed by atoms with Crippen molar-refractivity contribution in [3.05, 3.63) is 11.3 Å². The summed E-state index contributed by atoms with van der Waals surface area (Å²) in [7, 11) is 0. The minimum atomic E-state index is 0.524. The smallest absolute Gasteiger partial charge is 0.225 e. The van der Waals surface area contributed by atoms with Crippen molar-refractivity contribution < 1.29 is 0 Å². The maximum atomic E-state index is 5.95. The molecular formula is C12H19N5.